The first-order valence-corrected chi connectivity index (χ1v) is 7.17. The number of nitrogens with one attached hydrogen (secondary N) is 1. The van der Waals surface area contributed by atoms with Crippen molar-refractivity contribution in [2.75, 3.05) is 5.32 Å². The molecular weight excluding hydrogens is 246 g/mol. The molecule has 0 bridgehead atoms. The summed E-state index contributed by atoms with van der Waals surface area (Å²) in [4.78, 5) is 0. The van der Waals surface area contributed by atoms with Gasteiger partial charge in [-0.25, -0.2) is 0 Å². The van der Waals surface area contributed by atoms with Gasteiger partial charge < -0.3 is 5.32 Å². The van der Waals surface area contributed by atoms with E-state index in [1.165, 1.54) is 0 Å². The molecule has 0 aromatic heterocycles. The van der Waals surface area contributed by atoms with E-state index >= 15 is 0 Å². The van der Waals surface area contributed by atoms with Gasteiger partial charge in [-0.05, 0) is 42.9 Å². The van der Waals surface area contributed by atoms with Gasteiger partial charge in [-0.1, -0.05) is 27.7 Å². The molecule has 1 aromatic carbocycles. The van der Waals surface area contributed by atoms with Crippen molar-refractivity contribution in [2.24, 2.45) is 11.8 Å². The molecule has 0 radical (unpaired) electrons. The van der Waals surface area contributed by atoms with E-state index in [1.54, 1.807) is 12.1 Å². The molecule has 0 fully saturated rings. The molecule has 1 aromatic rings. The van der Waals surface area contributed by atoms with Gasteiger partial charge in [0.15, 0.2) is 0 Å². The molecular formula is C17H23N3. The summed E-state index contributed by atoms with van der Waals surface area (Å²) in [7, 11) is 0. The zero-order valence-electron chi connectivity index (χ0n) is 12.8. The smallest absolute Gasteiger partial charge is 0.101 e. The maximum absolute atomic E-state index is 9.07. The molecule has 1 N–H and O–H groups in total. The molecule has 0 spiro atoms. The van der Waals surface area contributed by atoms with Crippen molar-refractivity contribution < 1.29 is 0 Å². The van der Waals surface area contributed by atoms with Crippen LogP contribution in [0.15, 0.2) is 18.2 Å². The average Bonchev–Trinajstić information content (AvgIpc) is 2.36. The van der Waals surface area contributed by atoms with Gasteiger partial charge in [-0.15, -0.1) is 0 Å². The van der Waals surface area contributed by atoms with Crippen LogP contribution in [0.4, 0.5) is 5.69 Å². The predicted molar refractivity (Wildman–Crippen MR) is 82.2 cm³/mol. The number of hydrogen-bond acceptors (Lipinski definition) is 3. The van der Waals surface area contributed by atoms with Crippen LogP contribution in [0.2, 0.25) is 0 Å². The average molecular weight is 269 g/mol. The van der Waals surface area contributed by atoms with Crippen molar-refractivity contribution in [1.82, 2.24) is 0 Å². The predicted octanol–water partition coefficient (Wildman–Crippen LogP) is 4.30. The first-order chi connectivity index (χ1) is 9.46. The van der Waals surface area contributed by atoms with Crippen molar-refractivity contribution >= 4 is 5.69 Å². The van der Waals surface area contributed by atoms with Gasteiger partial charge in [0, 0.05) is 11.7 Å². The molecule has 0 amide bonds. The van der Waals surface area contributed by atoms with E-state index in [1.807, 2.05) is 12.1 Å². The Balaban J connectivity index is 2.88. The molecule has 3 heteroatoms. The van der Waals surface area contributed by atoms with Crippen LogP contribution in [-0.4, -0.2) is 6.04 Å². The molecule has 0 saturated carbocycles. The number of nitrogens with zero attached hydrogens (tertiary/aromatic N) is 2. The Morgan fingerprint density at radius 1 is 0.950 bits per heavy atom. The molecule has 3 nitrogen and oxygen atoms in total. The number of benzene rings is 1. The van der Waals surface area contributed by atoms with E-state index in [2.05, 4.69) is 39.1 Å². The Morgan fingerprint density at radius 3 is 1.95 bits per heavy atom. The van der Waals surface area contributed by atoms with Crippen LogP contribution < -0.4 is 5.32 Å². The third kappa shape index (κ3) is 4.94. The minimum absolute atomic E-state index is 0.398. The number of nitriles is 2. The molecule has 0 aliphatic heterocycles. The third-order valence-corrected chi connectivity index (χ3v) is 3.14. The van der Waals surface area contributed by atoms with Crippen molar-refractivity contribution in [3.8, 4) is 12.1 Å². The molecule has 20 heavy (non-hydrogen) atoms. The summed E-state index contributed by atoms with van der Waals surface area (Å²) in [6, 6.07) is 9.88. The van der Waals surface area contributed by atoms with E-state index < -0.39 is 0 Å². The van der Waals surface area contributed by atoms with Gasteiger partial charge in [0.25, 0.3) is 0 Å². The van der Waals surface area contributed by atoms with Crippen LogP contribution in [0.25, 0.3) is 0 Å². The van der Waals surface area contributed by atoms with Crippen LogP contribution in [0.5, 0.6) is 0 Å². The summed E-state index contributed by atoms with van der Waals surface area (Å²) in [6.07, 6.45) is 2.19. The fourth-order valence-electron chi connectivity index (χ4n) is 2.41. The number of hydrogen-bond donors (Lipinski definition) is 1. The Hall–Kier alpha value is -2.00. The zero-order valence-corrected chi connectivity index (χ0v) is 12.8. The standard InChI is InChI=1S/C17H23N3/c1-12(2)7-17(8-13(3)4)20-16-6-5-14(10-18)15(9-16)11-19/h5-6,9,12-13,17,20H,7-8H2,1-4H3. The maximum atomic E-state index is 9.07. The zero-order chi connectivity index (χ0) is 15.1. The Kier molecular flexibility index (Phi) is 6.07. The fraction of sp³-hybridized carbons (Fsp3) is 0.529. The first kappa shape index (κ1) is 16.1. The normalized spacial score (nSPS) is 10.7. The van der Waals surface area contributed by atoms with Crippen LogP contribution >= 0.6 is 0 Å². The molecule has 0 atom stereocenters. The summed E-state index contributed by atoms with van der Waals surface area (Å²) in [5.74, 6) is 1.25. The molecule has 0 heterocycles. The highest BCUT2D eigenvalue weighted by Gasteiger charge is 2.13. The van der Waals surface area contributed by atoms with Crippen molar-refractivity contribution in [1.29, 1.82) is 10.5 Å². The molecule has 0 unspecified atom stereocenters. The summed E-state index contributed by atoms with van der Waals surface area (Å²) in [5.41, 5.74) is 1.79. The minimum atomic E-state index is 0.398. The summed E-state index contributed by atoms with van der Waals surface area (Å²) in [5, 5.41) is 21.5. The van der Waals surface area contributed by atoms with E-state index in [0.29, 0.717) is 29.0 Å². The third-order valence-electron chi connectivity index (χ3n) is 3.14. The molecule has 0 saturated heterocycles. The van der Waals surface area contributed by atoms with Crippen molar-refractivity contribution in [2.45, 2.75) is 46.6 Å². The lowest BCUT2D eigenvalue weighted by Crippen LogP contribution is -2.23. The highest BCUT2D eigenvalue weighted by Crippen LogP contribution is 2.21. The molecule has 0 aliphatic rings. The highest BCUT2D eigenvalue weighted by atomic mass is 14.9. The lowest BCUT2D eigenvalue weighted by Gasteiger charge is -2.23. The molecule has 1 rings (SSSR count). The highest BCUT2D eigenvalue weighted by molar-refractivity contribution is 5.56. The van der Waals surface area contributed by atoms with Gasteiger partial charge in [0.2, 0.25) is 0 Å². The monoisotopic (exact) mass is 269 g/mol. The Bertz CT molecular complexity index is 508. The summed E-state index contributed by atoms with van der Waals surface area (Å²) >= 11 is 0. The fourth-order valence-corrected chi connectivity index (χ4v) is 2.41. The second-order valence-electron chi connectivity index (χ2n) is 6.08. The van der Waals surface area contributed by atoms with Gasteiger partial charge in [-0.3, -0.25) is 0 Å². The van der Waals surface area contributed by atoms with Gasteiger partial charge in [0.05, 0.1) is 11.1 Å². The minimum Gasteiger partial charge on any atom is -0.382 e. The lowest BCUT2D eigenvalue weighted by atomic mass is 9.95. The van der Waals surface area contributed by atoms with E-state index in [0.717, 1.165) is 18.5 Å². The largest absolute Gasteiger partial charge is 0.382 e. The van der Waals surface area contributed by atoms with E-state index in [-0.39, 0.29) is 0 Å². The lowest BCUT2D eigenvalue weighted by molar-refractivity contribution is 0.442. The number of rotatable bonds is 6. The summed E-state index contributed by atoms with van der Waals surface area (Å²) in [6.45, 7) is 8.87. The molecule has 0 aliphatic carbocycles. The van der Waals surface area contributed by atoms with Crippen LogP contribution in [0.1, 0.15) is 51.7 Å². The van der Waals surface area contributed by atoms with Crippen molar-refractivity contribution in [3.63, 3.8) is 0 Å². The van der Waals surface area contributed by atoms with E-state index in [4.69, 9.17) is 10.5 Å². The quantitative estimate of drug-likeness (QED) is 0.837. The van der Waals surface area contributed by atoms with Crippen molar-refractivity contribution in [3.05, 3.63) is 29.3 Å². The summed E-state index contributed by atoms with van der Waals surface area (Å²) < 4.78 is 0. The second kappa shape index (κ2) is 7.56. The van der Waals surface area contributed by atoms with Crippen LogP contribution in [0.3, 0.4) is 0 Å². The Labute approximate surface area is 122 Å². The van der Waals surface area contributed by atoms with E-state index in [9.17, 15) is 0 Å². The van der Waals surface area contributed by atoms with Crippen LogP contribution in [-0.2, 0) is 0 Å². The topological polar surface area (TPSA) is 59.6 Å². The SMILES string of the molecule is CC(C)CC(CC(C)C)Nc1ccc(C#N)c(C#N)c1. The van der Waals surface area contributed by atoms with Gasteiger partial charge >= 0.3 is 0 Å². The van der Waals surface area contributed by atoms with Gasteiger partial charge in [-0.2, -0.15) is 10.5 Å². The Morgan fingerprint density at radius 2 is 1.50 bits per heavy atom. The maximum Gasteiger partial charge on any atom is 0.101 e. The first-order valence-electron chi connectivity index (χ1n) is 7.17. The second-order valence-corrected chi connectivity index (χ2v) is 6.08. The van der Waals surface area contributed by atoms with Crippen LogP contribution in [0, 0.1) is 34.5 Å². The number of anilines is 1. The molecule has 106 valence electrons. The van der Waals surface area contributed by atoms with Gasteiger partial charge in [0.1, 0.15) is 12.1 Å².